The van der Waals surface area contributed by atoms with Crippen molar-refractivity contribution in [2.24, 2.45) is 0 Å². The van der Waals surface area contributed by atoms with Crippen molar-refractivity contribution in [2.75, 3.05) is 6.61 Å². The van der Waals surface area contributed by atoms with Gasteiger partial charge in [0.05, 0.1) is 10.2 Å². The van der Waals surface area contributed by atoms with Gasteiger partial charge in [0.1, 0.15) is 11.6 Å². The maximum absolute atomic E-state index is 14.7. The molecule has 0 saturated carbocycles. The average molecular weight is 440 g/mol. The number of halogens is 2. The van der Waals surface area contributed by atoms with Gasteiger partial charge in [-0.3, -0.25) is 0 Å². The Labute approximate surface area is 158 Å². The van der Waals surface area contributed by atoms with Gasteiger partial charge >= 0.3 is 0 Å². The third-order valence-corrected chi connectivity index (χ3v) is 5.14. The lowest BCUT2D eigenvalue weighted by atomic mass is 10.0. The Balaban J connectivity index is 2.12. The minimum absolute atomic E-state index is 0.191. The molecule has 3 heteroatoms. The molecule has 2 aromatic rings. The zero-order valence-electron chi connectivity index (χ0n) is 14.6. The van der Waals surface area contributed by atoms with Crippen molar-refractivity contribution in [3.63, 3.8) is 0 Å². The first kappa shape index (κ1) is 19.2. The number of rotatable bonds is 9. The predicted octanol–water partition coefficient (Wildman–Crippen LogP) is 7.01. The van der Waals surface area contributed by atoms with Gasteiger partial charge in [0, 0.05) is 5.56 Å². The average Bonchev–Trinajstić information content (AvgIpc) is 2.60. The number of aryl methyl sites for hydroxylation is 1. The number of hydrogen-bond acceptors (Lipinski definition) is 1. The summed E-state index contributed by atoms with van der Waals surface area (Å²) in [6.07, 6.45) is 6.85. The Bertz CT molecular complexity index is 637. The van der Waals surface area contributed by atoms with Crippen molar-refractivity contribution < 1.29 is 9.13 Å². The lowest BCUT2D eigenvalue weighted by Gasteiger charge is -2.12. The topological polar surface area (TPSA) is 9.23 Å². The highest BCUT2D eigenvalue weighted by atomic mass is 127. The first-order valence-electron chi connectivity index (χ1n) is 8.87. The predicted molar refractivity (Wildman–Crippen MR) is 108 cm³/mol. The molecule has 0 heterocycles. The van der Waals surface area contributed by atoms with Gasteiger partial charge < -0.3 is 4.74 Å². The number of ether oxygens (including phenoxy) is 1. The molecule has 0 saturated heterocycles. The molecule has 0 atom stereocenters. The van der Waals surface area contributed by atoms with Crippen molar-refractivity contribution in [3.05, 3.63) is 51.3 Å². The molecule has 0 spiro atoms. The van der Waals surface area contributed by atoms with E-state index in [1.807, 2.05) is 46.9 Å². The van der Waals surface area contributed by atoms with Crippen LogP contribution in [0.25, 0.3) is 11.1 Å². The van der Waals surface area contributed by atoms with Crippen molar-refractivity contribution in [1.82, 2.24) is 0 Å². The van der Waals surface area contributed by atoms with Crippen LogP contribution in [0.3, 0.4) is 0 Å². The van der Waals surface area contributed by atoms with E-state index in [4.69, 9.17) is 4.74 Å². The lowest BCUT2D eigenvalue weighted by Crippen LogP contribution is -2.00. The normalized spacial score (nSPS) is 10.8. The molecule has 0 aliphatic carbocycles. The molecular formula is C21H26FIO. The van der Waals surface area contributed by atoms with E-state index in [-0.39, 0.29) is 5.82 Å². The number of benzene rings is 2. The molecule has 0 bridgehead atoms. The fourth-order valence-corrected chi connectivity index (χ4v) is 3.25. The van der Waals surface area contributed by atoms with Gasteiger partial charge in [0.25, 0.3) is 0 Å². The Morgan fingerprint density at radius 2 is 1.62 bits per heavy atom. The van der Waals surface area contributed by atoms with E-state index >= 15 is 0 Å². The zero-order valence-corrected chi connectivity index (χ0v) is 16.7. The second-order valence-electron chi connectivity index (χ2n) is 6.10. The summed E-state index contributed by atoms with van der Waals surface area (Å²) in [5.74, 6) is 0.449. The van der Waals surface area contributed by atoms with E-state index in [0.29, 0.717) is 21.5 Å². The molecule has 0 radical (unpaired) electrons. The third kappa shape index (κ3) is 5.20. The molecule has 0 amide bonds. The van der Waals surface area contributed by atoms with E-state index in [2.05, 4.69) is 26.0 Å². The molecule has 0 aromatic heterocycles. The minimum atomic E-state index is -0.191. The molecule has 130 valence electrons. The second kappa shape index (κ2) is 10.0. The Hall–Kier alpha value is -1.10. The minimum Gasteiger partial charge on any atom is -0.492 e. The Morgan fingerprint density at radius 3 is 2.29 bits per heavy atom. The molecule has 2 aromatic carbocycles. The van der Waals surface area contributed by atoms with Crippen molar-refractivity contribution >= 4 is 22.6 Å². The van der Waals surface area contributed by atoms with Crippen LogP contribution in [0.2, 0.25) is 0 Å². The van der Waals surface area contributed by atoms with Crippen LogP contribution >= 0.6 is 22.6 Å². The number of unbranched alkanes of at least 4 members (excludes halogenated alkanes) is 3. The highest BCUT2D eigenvalue weighted by molar-refractivity contribution is 14.1. The van der Waals surface area contributed by atoms with Crippen LogP contribution in [0.5, 0.6) is 5.75 Å². The summed E-state index contributed by atoms with van der Waals surface area (Å²) >= 11 is 2.04. The van der Waals surface area contributed by atoms with Crippen LogP contribution < -0.4 is 4.74 Å². The first-order valence-corrected chi connectivity index (χ1v) is 9.95. The van der Waals surface area contributed by atoms with E-state index in [0.717, 1.165) is 24.8 Å². The highest BCUT2D eigenvalue weighted by Crippen LogP contribution is 2.32. The summed E-state index contributed by atoms with van der Waals surface area (Å²) in [6.45, 7) is 4.96. The van der Waals surface area contributed by atoms with Crippen molar-refractivity contribution in [3.8, 4) is 16.9 Å². The molecule has 0 unspecified atom stereocenters. The van der Waals surface area contributed by atoms with Crippen molar-refractivity contribution in [2.45, 2.75) is 52.4 Å². The summed E-state index contributed by atoms with van der Waals surface area (Å²) in [4.78, 5) is 0. The van der Waals surface area contributed by atoms with Gasteiger partial charge in [-0.1, -0.05) is 57.4 Å². The summed E-state index contributed by atoms with van der Waals surface area (Å²) in [5, 5.41) is 0. The Kier molecular flexibility index (Phi) is 8.03. The monoisotopic (exact) mass is 440 g/mol. The summed E-state index contributed by atoms with van der Waals surface area (Å²) < 4.78 is 21.0. The summed E-state index contributed by atoms with van der Waals surface area (Å²) in [5.41, 5.74) is 2.88. The van der Waals surface area contributed by atoms with Crippen LogP contribution in [0, 0.1) is 9.39 Å². The van der Waals surface area contributed by atoms with E-state index in [9.17, 15) is 4.39 Å². The molecular weight excluding hydrogens is 414 g/mol. The quantitative estimate of drug-likeness (QED) is 0.301. The smallest absolute Gasteiger partial charge is 0.148 e. The van der Waals surface area contributed by atoms with Crippen LogP contribution in [-0.2, 0) is 6.42 Å². The van der Waals surface area contributed by atoms with Crippen molar-refractivity contribution in [1.29, 1.82) is 0 Å². The van der Waals surface area contributed by atoms with Gasteiger partial charge in [-0.15, -0.1) is 0 Å². The van der Waals surface area contributed by atoms with Crippen LogP contribution in [0.1, 0.15) is 51.5 Å². The maximum atomic E-state index is 14.7. The molecule has 0 fully saturated rings. The fraction of sp³-hybridized carbons (Fsp3) is 0.429. The molecule has 0 aliphatic rings. The first-order chi connectivity index (χ1) is 11.7. The van der Waals surface area contributed by atoms with Gasteiger partial charge in [-0.2, -0.15) is 0 Å². The molecule has 0 aliphatic heterocycles. The van der Waals surface area contributed by atoms with E-state index < -0.39 is 0 Å². The SMILES string of the molecule is CCCCCc1ccc(-c2ccc(OCCCC)c(I)c2F)cc1. The molecule has 1 nitrogen and oxygen atoms in total. The standard InChI is InChI=1S/C21H26FIO/c1-3-5-7-8-16-9-11-17(12-10-16)18-13-14-19(21(23)20(18)22)24-15-6-4-2/h9-14H,3-8,15H2,1-2H3. The van der Waals surface area contributed by atoms with E-state index in [1.54, 1.807) is 0 Å². The van der Waals surface area contributed by atoms with Gasteiger partial charge in [0.2, 0.25) is 0 Å². The maximum Gasteiger partial charge on any atom is 0.148 e. The lowest BCUT2D eigenvalue weighted by molar-refractivity contribution is 0.305. The fourth-order valence-electron chi connectivity index (χ4n) is 2.62. The number of hydrogen-bond donors (Lipinski definition) is 0. The van der Waals surface area contributed by atoms with Gasteiger partial charge in [-0.05, 0) is 65.1 Å². The summed E-state index contributed by atoms with van der Waals surface area (Å²) in [7, 11) is 0. The van der Waals surface area contributed by atoms with Crippen LogP contribution in [0.15, 0.2) is 36.4 Å². The molecule has 0 N–H and O–H groups in total. The Morgan fingerprint density at radius 1 is 0.917 bits per heavy atom. The zero-order chi connectivity index (χ0) is 17.4. The van der Waals surface area contributed by atoms with E-state index in [1.165, 1.54) is 24.8 Å². The van der Waals surface area contributed by atoms with Crippen LogP contribution in [0.4, 0.5) is 4.39 Å². The largest absolute Gasteiger partial charge is 0.492 e. The molecule has 24 heavy (non-hydrogen) atoms. The third-order valence-electron chi connectivity index (χ3n) is 4.14. The van der Waals surface area contributed by atoms with Gasteiger partial charge in [0.15, 0.2) is 0 Å². The van der Waals surface area contributed by atoms with Crippen LogP contribution in [-0.4, -0.2) is 6.61 Å². The molecule has 2 rings (SSSR count). The second-order valence-corrected chi connectivity index (χ2v) is 7.17. The highest BCUT2D eigenvalue weighted by Gasteiger charge is 2.13. The summed E-state index contributed by atoms with van der Waals surface area (Å²) in [6, 6.07) is 12.0. The van der Waals surface area contributed by atoms with Gasteiger partial charge in [-0.25, -0.2) is 4.39 Å².